The molecule has 0 aliphatic carbocycles. The van der Waals surface area contributed by atoms with Crippen molar-refractivity contribution in [1.29, 1.82) is 0 Å². The number of nitrogens with two attached hydrogens (primary N) is 1. The van der Waals surface area contributed by atoms with E-state index in [-0.39, 0.29) is 4.90 Å². The summed E-state index contributed by atoms with van der Waals surface area (Å²) in [6.07, 6.45) is 0.804. The fourth-order valence-electron chi connectivity index (χ4n) is 1.84. The Morgan fingerprint density at radius 2 is 1.86 bits per heavy atom. The third-order valence-corrected chi connectivity index (χ3v) is 4.29. The molecule has 0 saturated carbocycles. The second-order valence-electron chi connectivity index (χ2n) is 4.57. The molecule has 0 aliphatic heterocycles. The van der Waals surface area contributed by atoms with Crippen molar-refractivity contribution in [2.75, 3.05) is 6.54 Å². The Morgan fingerprint density at radius 3 is 2.48 bits per heavy atom. The highest BCUT2D eigenvalue weighted by Crippen LogP contribution is 2.09. The van der Waals surface area contributed by atoms with Gasteiger partial charge < -0.3 is 5.32 Å². The van der Waals surface area contributed by atoms with E-state index < -0.39 is 10.0 Å². The lowest BCUT2D eigenvalue weighted by Gasteiger charge is -2.06. The number of halogens is 1. The van der Waals surface area contributed by atoms with E-state index in [1.807, 2.05) is 18.2 Å². The number of sulfonamides is 1. The molecule has 0 aliphatic rings. The maximum Gasteiger partial charge on any atom is 0.238 e. The van der Waals surface area contributed by atoms with Crippen LogP contribution in [0, 0.1) is 0 Å². The van der Waals surface area contributed by atoms with Crippen molar-refractivity contribution >= 4 is 26.0 Å². The Morgan fingerprint density at radius 1 is 1.14 bits per heavy atom. The molecule has 0 saturated heterocycles. The average Bonchev–Trinajstić information content (AvgIpc) is 2.43. The van der Waals surface area contributed by atoms with Crippen molar-refractivity contribution in [1.82, 2.24) is 10.3 Å². The lowest BCUT2D eigenvalue weighted by molar-refractivity contribution is 0.597. The predicted molar refractivity (Wildman–Crippen MR) is 85.2 cm³/mol. The zero-order valence-electron chi connectivity index (χ0n) is 11.3. The molecule has 112 valence electrons. The van der Waals surface area contributed by atoms with Crippen molar-refractivity contribution in [2.45, 2.75) is 17.9 Å². The van der Waals surface area contributed by atoms with Gasteiger partial charge in [0.2, 0.25) is 10.0 Å². The molecule has 0 radical (unpaired) electrons. The summed E-state index contributed by atoms with van der Waals surface area (Å²) >= 11 is 3.33. The minimum Gasteiger partial charge on any atom is -0.311 e. The molecule has 0 atom stereocenters. The van der Waals surface area contributed by atoms with E-state index in [9.17, 15) is 8.42 Å². The van der Waals surface area contributed by atoms with E-state index in [0.29, 0.717) is 6.54 Å². The van der Waals surface area contributed by atoms with Crippen molar-refractivity contribution in [3.05, 3.63) is 58.3 Å². The van der Waals surface area contributed by atoms with Crippen LogP contribution in [0.3, 0.4) is 0 Å². The number of aromatic nitrogens is 1. The molecule has 1 heterocycles. The molecule has 0 fully saturated rings. The van der Waals surface area contributed by atoms with E-state index in [4.69, 9.17) is 5.14 Å². The van der Waals surface area contributed by atoms with Crippen molar-refractivity contribution in [3.8, 4) is 0 Å². The number of hydrogen-bond donors (Lipinski definition) is 2. The van der Waals surface area contributed by atoms with Crippen LogP contribution in [0.1, 0.15) is 11.3 Å². The van der Waals surface area contributed by atoms with Gasteiger partial charge in [0.25, 0.3) is 0 Å². The Kier molecular flexibility index (Phi) is 5.46. The van der Waals surface area contributed by atoms with Crippen LogP contribution in [0.25, 0.3) is 0 Å². The van der Waals surface area contributed by atoms with Gasteiger partial charge in [0.05, 0.1) is 10.6 Å². The standard InChI is InChI=1S/C14H16BrN3O2S/c15-14-3-1-2-12(18-14)10-17-9-8-11-4-6-13(7-5-11)21(16,19)20/h1-7,17H,8-10H2,(H2,16,19,20). The van der Waals surface area contributed by atoms with Gasteiger partial charge in [-0.1, -0.05) is 18.2 Å². The molecule has 7 heteroatoms. The summed E-state index contributed by atoms with van der Waals surface area (Å²) in [6, 6.07) is 12.4. The lowest BCUT2D eigenvalue weighted by atomic mass is 10.1. The number of primary sulfonamides is 1. The van der Waals surface area contributed by atoms with E-state index in [1.165, 1.54) is 12.1 Å². The Bertz CT molecular complexity index is 702. The molecule has 21 heavy (non-hydrogen) atoms. The van der Waals surface area contributed by atoms with Gasteiger partial charge in [-0.15, -0.1) is 0 Å². The normalized spacial score (nSPS) is 11.5. The van der Waals surface area contributed by atoms with Gasteiger partial charge in [-0.3, -0.25) is 0 Å². The first-order chi connectivity index (χ1) is 9.95. The van der Waals surface area contributed by atoms with Crippen molar-refractivity contribution in [2.24, 2.45) is 5.14 Å². The monoisotopic (exact) mass is 369 g/mol. The van der Waals surface area contributed by atoms with Crippen molar-refractivity contribution < 1.29 is 8.42 Å². The van der Waals surface area contributed by atoms with Crippen LogP contribution in [-0.4, -0.2) is 19.9 Å². The number of nitrogens with zero attached hydrogens (tertiary/aromatic N) is 1. The van der Waals surface area contributed by atoms with Crippen LogP contribution >= 0.6 is 15.9 Å². The molecular weight excluding hydrogens is 354 g/mol. The van der Waals surface area contributed by atoms with Gasteiger partial charge in [0.15, 0.2) is 0 Å². The van der Waals surface area contributed by atoms with E-state index in [1.54, 1.807) is 12.1 Å². The van der Waals surface area contributed by atoms with Crippen LogP contribution in [0.15, 0.2) is 52.0 Å². The molecular formula is C14H16BrN3O2S. The van der Waals surface area contributed by atoms with E-state index in [2.05, 4.69) is 26.2 Å². The first kappa shape index (κ1) is 16.1. The first-order valence-corrected chi connectivity index (χ1v) is 8.73. The minimum atomic E-state index is -3.61. The zero-order valence-corrected chi connectivity index (χ0v) is 13.7. The largest absolute Gasteiger partial charge is 0.311 e. The summed E-state index contributed by atoms with van der Waals surface area (Å²) in [7, 11) is -3.61. The van der Waals surface area contributed by atoms with Gasteiger partial charge >= 0.3 is 0 Å². The molecule has 0 bridgehead atoms. The van der Waals surface area contributed by atoms with Gasteiger partial charge in [0, 0.05) is 6.54 Å². The lowest BCUT2D eigenvalue weighted by Crippen LogP contribution is -2.17. The van der Waals surface area contributed by atoms with Crippen LogP contribution in [0.4, 0.5) is 0 Å². The first-order valence-electron chi connectivity index (χ1n) is 6.39. The summed E-state index contributed by atoms with van der Waals surface area (Å²) in [4.78, 5) is 4.47. The number of rotatable bonds is 6. The number of hydrogen-bond acceptors (Lipinski definition) is 4. The highest BCUT2D eigenvalue weighted by atomic mass is 79.9. The molecule has 3 N–H and O–H groups in total. The van der Waals surface area contributed by atoms with Crippen LogP contribution in [-0.2, 0) is 23.0 Å². The molecule has 5 nitrogen and oxygen atoms in total. The molecule has 2 rings (SSSR count). The second kappa shape index (κ2) is 7.13. The van der Waals surface area contributed by atoms with E-state index in [0.717, 1.165) is 28.8 Å². The van der Waals surface area contributed by atoms with Gasteiger partial charge in [-0.2, -0.15) is 0 Å². The average molecular weight is 370 g/mol. The summed E-state index contributed by atoms with van der Waals surface area (Å²) in [5, 5.41) is 8.35. The summed E-state index contributed by atoms with van der Waals surface area (Å²) in [6.45, 7) is 1.47. The van der Waals surface area contributed by atoms with Gasteiger partial charge in [-0.05, 0) is 58.7 Å². The number of nitrogens with one attached hydrogen (secondary N) is 1. The highest BCUT2D eigenvalue weighted by Gasteiger charge is 2.06. The Hall–Kier alpha value is -1.28. The number of benzene rings is 1. The number of pyridine rings is 1. The molecule has 0 unspecified atom stereocenters. The molecule has 0 amide bonds. The van der Waals surface area contributed by atoms with Crippen LogP contribution < -0.4 is 10.5 Å². The quantitative estimate of drug-likeness (QED) is 0.600. The Labute approximate surface area is 132 Å². The zero-order chi connectivity index (χ0) is 15.3. The SMILES string of the molecule is NS(=O)(=O)c1ccc(CCNCc2cccc(Br)n2)cc1. The fraction of sp³-hybridized carbons (Fsp3) is 0.214. The van der Waals surface area contributed by atoms with E-state index >= 15 is 0 Å². The Balaban J connectivity index is 1.81. The third kappa shape index (κ3) is 5.20. The van der Waals surface area contributed by atoms with Crippen LogP contribution in [0.2, 0.25) is 0 Å². The highest BCUT2D eigenvalue weighted by molar-refractivity contribution is 9.10. The smallest absolute Gasteiger partial charge is 0.238 e. The maximum atomic E-state index is 11.1. The maximum absolute atomic E-state index is 11.1. The second-order valence-corrected chi connectivity index (χ2v) is 6.94. The predicted octanol–water partition coefficient (Wildman–Crippen LogP) is 1.82. The van der Waals surface area contributed by atoms with Crippen molar-refractivity contribution in [3.63, 3.8) is 0 Å². The molecule has 0 spiro atoms. The summed E-state index contributed by atoms with van der Waals surface area (Å²) in [5.41, 5.74) is 2.02. The molecule has 2 aromatic rings. The van der Waals surface area contributed by atoms with Gasteiger partial charge in [-0.25, -0.2) is 18.5 Å². The summed E-state index contributed by atoms with van der Waals surface area (Å²) < 4.78 is 23.1. The van der Waals surface area contributed by atoms with Gasteiger partial charge in [0.1, 0.15) is 4.60 Å². The fourth-order valence-corrected chi connectivity index (χ4v) is 2.74. The third-order valence-electron chi connectivity index (χ3n) is 2.92. The molecule has 1 aromatic carbocycles. The summed E-state index contributed by atoms with van der Waals surface area (Å²) in [5.74, 6) is 0. The minimum absolute atomic E-state index is 0.137. The topological polar surface area (TPSA) is 85.1 Å². The molecule has 1 aromatic heterocycles. The van der Waals surface area contributed by atoms with Crippen LogP contribution in [0.5, 0.6) is 0 Å².